The van der Waals surface area contributed by atoms with Crippen LogP contribution in [0, 0.1) is 6.92 Å². The van der Waals surface area contributed by atoms with Gasteiger partial charge in [0.2, 0.25) is 0 Å². The van der Waals surface area contributed by atoms with Crippen LogP contribution in [0.5, 0.6) is 11.5 Å². The maximum Gasteiger partial charge on any atom is 0.164 e. The third kappa shape index (κ3) is 13.3. The lowest BCUT2D eigenvalue weighted by Crippen LogP contribution is -2.32. The summed E-state index contributed by atoms with van der Waals surface area (Å²) < 4.78 is 17.6. The maximum absolute atomic E-state index is 11.3. The fraction of sp³-hybridized carbons (Fsp3) is 0.806. The minimum atomic E-state index is 0.401. The van der Waals surface area contributed by atoms with Crippen molar-refractivity contribution in [2.75, 3.05) is 53.6 Å². The van der Waals surface area contributed by atoms with Gasteiger partial charge in [-0.3, -0.25) is 4.90 Å². The second-order valence-electron chi connectivity index (χ2n) is 12.6. The molecule has 0 saturated carbocycles. The zero-order chi connectivity index (χ0) is 30.6. The molecule has 2 heterocycles. The third-order valence-corrected chi connectivity index (χ3v) is 8.92. The average Bonchev–Trinajstić information content (AvgIpc) is 3.41. The van der Waals surface area contributed by atoms with Crippen molar-refractivity contribution in [3.8, 4) is 11.5 Å². The van der Waals surface area contributed by atoms with Crippen molar-refractivity contribution in [3.63, 3.8) is 0 Å². The van der Waals surface area contributed by atoms with E-state index in [0.29, 0.717) is 24.6 Å². The van der Waals surface area contributed by atoms with E-state index in [0.717, 1.165) is 75.2 Å². The van der Waals surface area contributed by atoms with Crippen LogP contribution >= 0.6 is 0 Å². The topological polar surface area (TPSA) is 51.2 Å². The molecule has 1 aromatic carbocycles. The van der Waals surface area contributed by atoms with Gasteiger partial charge < -0.3 is 23.9 Å². The highest BCUT2D eigenvalue weighted by Gasteiger charge is 2.33. The fourth-order valence-corrected chi connectivity index (χ4v) is 6.27. The Balaban J connectivity index is 0.000000435. The summed E-state index contributed by atoms with van der Waals surface area (Å²) in [6, 6.07) is 4.84. The summed E-state index contributed by atoms with van der Waals surface area (Å²) in [5, 5.41) is 0. The van der Waals surface area contributed by atoms with Gasteiger partial charge >= 0.3 is 0 Å². The van der Waals surface area contributed by atoms with Crippen LogP contribution in [0.25, 0.3) is 0 Å². The van der Waals surface area contributed by atoms with Gasteiger partial charge in [-0.15, -0.1) is 0 Å². The number of hydrogen-bond acceptors (Lipinski definition) is 6. The first kappa shape index (κ1) is 36.6. The van der Waals surface area contributed by atoms with Crippen LogP contribution in [0.4, 0.5) is 0 Å². The van der Waals surface area contributed by atoms with Crippen LogP contribution in [-0.4, -0.2) is 81.8 Å². The number of carbonyl (C=O) groups excluding carboxylic acids is 1. The van der Waals surface area contributed by atoms with Gasteiger partial charge in [0.1, 0.15) is 6.29 Å². The van der Waals surface area contributed by atoms with Crippen LogP contribution in [0.15, 0.2) is 12.1 Å². The van der Waals surface area contributed by atoms with E-state index < -0.39 is 0 Å². The Labute approximate surface area is 258 Å². The molecular weight excluding hydrogens is 524 g/mol. The summed E-state index contributed by atoms with van der Waals surface area (Å²) >= 11 is 0. The molecule has 3 unspecified atom stereocenters. The molecule has 0 radical (unpaired) electrons. The van der Waals surface area contributed by atoms with E-state index in [1.54, 1.807) is 7.11 Å². The molecule has 1 aromatic rings. The van der Waals surface area contributed by atoms with E-state index in [-0.39, 0.29) is 0 Å². The Morgan fingerprint density at radius 3 is 2.43 bits per heavy atom. The first-order valence-electron chi connectivity index (χ1n) is 17.3. The van der Waals surface area contributed by atoms with E-state index in [9.17, 15) is 4.79 Å². The second-order valence-corrected chi connectivity index (χ2v) is 12.6. The summed E-state index contributed by atoms with van der Waals surface area (Å²) in [6.45, 7) is 14.4. The van der Waals surface area contributed by atoms with Gasteiger partial charge in [-0.05, 0) is 108 Å². The van der Waals surface area contributed by atoms with Gasteiger partial charge in [0.05, 0.1) is 26.4 Å². The number of aldehydes is 1. The highest BCUT2D eigenvalue weighted by Crippen LogP contribution is 2.40. The number of ether oxygens (including phenoxy) is 3. The molecule has 0 spiro atoms. The van der Waals surface area contributed by atoms with Crippen molar-refractivity contribution < 1.29 is 19.0 Å². The van der Waals surface area contributed by atoms with E-state index >= 15 is 0 Å². The van der Waals surface area contributed by atoms with Gasteiger partial charge in [0.15, 0.2) is 11.5 Å². The lowest BCUT2D eigenvalue weighted by Gasteiger charge is -2.26. The largest absolute Gasteiger partial charge is 0.493 e. The number of benzene rings is 1. The number of hydrogen-bond donors (Lipinski definition) is 0. The summed E-state index contributed by atoms with van der Waals surface area (Å²) in [6.07, 6.45) is 18.7. The molecule has 6 nitrogen and oxygen atoms in total. The van der Waals surface area contributed by atoms with Gasteiger partial charge in [-0.1, -0.05) is 58.9 Å². The summed E-state index contributed by atoms with van der Waals surface area (Å²) in [7, 11) is 3.95. The molecule has 3 rings (SSSR count). The molecule has 2 aliphatic rings. The quantitative estimate of drug-likeness (QED) is 0.120. The number of carbonyl (C=O) groups is 1. The van der Waals surface area contributed by atoms with Crippen molar-refractivity contribution in [1.29, 1.82) is 0 Å². The SMILES string of the molecule is CCCCCCN(C)CCCC.CCCCOc1c(C)cc(C2CC(CCC3CCCCO3)N(CC=O)C2)cc1OC. The van der Waals surface area contributed by atoms with Crippen molar-refractivity contribution >= 4 is 6.29 Å². The molecular formula is C36H64N2O4. The number of unbranched alkanes of at least 4 members (excludes halogenated alkanes) is 5. The Kier molecular flexibility index (Phi) is 19.1. The molecule has 2 saturated heterocycles. The van der Waals surface area contributed by atoms with Crippen LogP contribution < -0.4 is 9.47 Å². The summed E-state index contributed by atoms with van der Waals surface area (Å²) in [5.41, 5.74) is 2.42. The number of methoxy groups -OCH3 is 1. The monoisotopic (exact) mass is 588 g/mol. The second kappa shape index (κ2) is 22.0. The van der Waals surface area contributed by atoms with Crippen LogP contribution in [0.3, 0.4) is 0 Å². The summed E-state index contributed by atoms with van der Waals surface area (Å²) in [5.74, 6) is 2.10. The molecule has 42 heavy (non-hydrogen) atoms. The molecule has 0 aromatic heterocycles. The number of nitrogens with zero attached hydrogens (tertiary/aromatic N) is 2. The third-order valence-electron chi connectivity index (χ3n) is 8.92. The average molecular weight is 589 g/mol. The van der Waals surface area contributed by atoms with Crippen molar-refractivity contribution in [2.24, 2.45) is 0 Å². The van der Waals surface area contributed by atoms with Crippen LogP contribution in [0.2, 0.25) is 0 Å². The maximum atomic E-state index is 11.3. The number of rotatable bonds is 19. The molecule has 6 heteroatoms. The van der Waals surface area contributed by atoms with Gasteiger partial charge in [0, 0.05) is 19.2 Å². The predicted octanol–water partition coefficient (Wildman–Crippen LogP) is 8.19. The van der Waals surface area contributed by atoms with Crippen LogP contribution in [-0.2, 0) is 9.53 Å². The lowest BCUT2D eigenvalue weighted by molar-refractivity contribution is -0.109. The Hall–Kier alpha value is -1.63. The lowest BCUT2D eigenvalue weighted by atomic mass is 9.92. The van der Waals surface area contributed by atoms with Gasteiger partial charge in [0.25, 0.3) is 0 Å². The molecule has 2 aliphatic heterocycles. The Bertz CT molecular complexity index is 842. The minimum Gasteiger partial charge on any atom is -0.493 e. The van der Waals surface area contributed by atoms with Gasteiger partial charge in [-0.2, -0.15) is 0 Å². The van der Waals surface area contributed by atoms with Crippen LogP contribution in [0.1, 0.15) is 128 Å². The van der Waals surface area contributed by atoms with E-state index in [4.69, 9.17) is 14.2 Å². The zero-order valence-corrected chi connectivity index (χ0v) is 28.1. The zero-order valence-electron chi connectivity index (χ0n) is 28.1. The molecule has 0 amide bonds. The van der Waals surface area contributed by atoms with Crippen molar-refractivity contribution in [3.05, 3.63) is 23.3 Å². The van der Waals surface area contributed by atoms with E-state index in [2.05, 4.69) is 56.7 Å². The van der Waals surface area contributed by atoms with Crippen molar-refractivity contribution in [2.45, 2.75) is 136 Å². The minimum absolute atomic E-state index is 0.401. The fourth-order valence-electron chi connectivity index (χ4n) is 6.27. The Morgan fingerprint density at radius 2 is 1.76 bits per heavy atom. The summed E-state index contributed by atoms with van der Waals surface area (Å²) in [4.78, 5) is 16.1. The molecule has 3 atom stereocenters. The molecule has 0 bridgehead atoms. The highest BCUT2D eigenvalue weighted by molar-refractivity contribution is 5.53. The van der Waals surface area contributed by atoms with Gasteiger partial charge in [-0.25, -0.2) is 0 Å². The normalized spacial score (nSPS) is 20.8. The first-order chi connectivity index (χ1) is 20.5. The molecule has 242 valence electrons. The molecule has 0 aliphatic carbocycles. The molecule has 0 N–H and O–H groups in total. The smallest absolute Gasteiger partial charge is 0.164 e. The number of likely N-dealkylation sites (tertiary alicyclic amines) is 1. The first-order valence-corrected chi connectivity index (χ1v) is 17.3. The standard InChI is InChI=1S/C25H39NO4.C11H25N/c1-4-5-13-30-25-19(2)15-20(17-24(25)28-3)21-16-22(26(18-21)11-12-27)9-10-23-8-6-7-14-29-23;1-4-6-8-9-11-12(3)10-7-5-2/h12,15,17,21-23H,4-11,13-14,16,18H2,1-3H3;4-11H2,1-3H3. The predicted molar refractivity (Wildman–Crippen MR) is 176 cm³/mol. The van der Waals surface area contributed by atoms with E-state index in [1.807, 2.05) is 0 Å². The number of aryl methyl sites for hydroxylation is 1. The Morgan fingerprint density at radius 1 is 1.00 bits per heavy atom. The van der Waals surface area contributed by atoms with Crippen molar-refractivity contribution in [1.82, 2.24) is 9.80 Å². The highest BCUT2D eigenvalue weighted by atomic mass is 16.5. The van der Waals surface area contributed by atoms with E-state index in [1.165, 1.54) is 76.4 Å². The molecule has 2 fully saturated rings.